The van der Waals surface area contributed by atoms with Crippen molar-refractivity contribution in [2.45, 2.75) is 33.2 Å². The van der Waals surface area contributed by atoms with Gasteiger partial charge in [0.15, 0.2) is 0 Å². The monoisotopic (exact) mass is 214 g/mol. The molecule has 0 amide bonds. The average molecular weight is 214 g/mol. The molecule has 2 aromatic rings. The molecule has 1 aromatic heterocycles. The highest BCUT2D eigenvalue weighted by molar-refractivity contribution is 5.82. The van der Waals surface area contributed by atoms with E-state index in [2.05, 4.69) is 36.2 Å². The molecule has 2 N–H and O–H groups in total. The van der Waals surface area contributed by atoms with Crippen LogP contribution in [0.2, 0.25) is 0 Å². The summed E-state index contributed by atoms with van der Waals surface area (Å²) in [4.78, 5) is 4.61. The molecule has 2 nitrogen and oxygen atoms in total. The van der Waals surface area contributed by atoms with E-state index in [1.807, 2.05) is 13.8 Å². The van der Waals surface area contributed by atoms with Gasteiger partial charge < -0.3 is 5.73 Å². The van der Waals surface area contributed by atoms with E-state index in [9.17, 15) is 0 Å². The number of fused-ring (bicyclic) bond motifs is 1. The third kappa shape index (κ3) is 2.22. The fraction of sp³-hybridized carbons (Fsp3) is 0.357. The van der Waals surface area contributed by atoms with Crippen LogP contribution in [0.3, 0.4) is 0 Å². The lowest BCUT2D eigenvalue weighted by Gasteiger charge is -2.10. The Hall–Kier alpha value is -1.41. The number of benzene rings is 1. The second-order valence-electron chi connectivity index (χ2n) is 4.63. The maximum atomic E-state index is 5.88. The van der Waals surface area contributed by atoms with E-state index in [4.69, 9.17) is 5.73 Å². The number of pyridine rings is 1. The Morgan fingerprint density at radius 2 is 2.00 bits per heavy atom. The maximum absolute atomic E-state index is 5.88. The van der Waals surface area contributed by atoms with E-state index in [1.54, 1.807) is 0 Å². The number of rotatable bonds is 2. The van der Waals surface area contributed by atoms with Crippen LogP contribution < -0.4 is 5.73 Å². The Kier molecular flexibility index (Phi) is 2.92. The van der Waals surface area contributed by atoms with Gasteiger partial charge in [0.25, 0.3) is 0 Å². The molecule has 0 aliphatic heterocycles. The molecule has 16 heavy (non-hydrogen) atoms. The Balaban J connectivity index is 2.64. The van der Waals surface area contributed by atoms with Crippen LogP contribution in [-0.4, -0.2) is 11.0 Å². The van der Waals surface area contributed by atoms with Crippen LogP contribution in [0.15, 0.2) is 24.3 Å². The summed E-state index contributed by atoms with van der Waals surface area (Å²) in [5.74, 6) is 0. The minimum Gasteiger partial charge on any atom is -0.328 e. The van der Waals surface area contributed by atoms with Crippen molar-refractivity contribution < 1.29 is 0 Å². The van der Waals surface area contributed by atoms with Crippen LogP contribution in [0, 0.1) is 13.8 Å². The first kappa shape index (κ1) is 11.1. The van der Waals surface area contributed by atoms with Crippen molar-refractivity contribution in [1.82, 2.24) is 4.98 Å². The fourth-order valence-corrected chi connectivity index (χ4v) is 2.07. The molecule has 0 saturated heterocycles. The van der Waals surface area contributed by atoms with Gasteiger partial charge in [0.2, 0.25) is 0 Å². The number of aryl methyl sites for hydroxylation is 2. The molecule has 0 saturated carbocycles. The van der Waals surface area contributed by atoms with Gasteiger partial charge >= 0.3 is 0 Å². The van der Waals surface area contributed by atoms with Crippen LogP contribution in [0.5, 0.6) is 0 Å². The smallest absolute Gasteiger partial charge is 0.0737 e. The molecule has 2 rings (SSSR count). The first-order valence-electron chi connectivity index (χ1n) is 5.69. The standard InChI is InChI=1S/C14H18N2/c1-9-6-12-5-4-11(3)16-14(12)13(7-9)8-10(2)15/h4-7,10H,8,15H2,1-3H3. The summed E-state index contributed by atoms with van der Waals surface area (Å²) >= 11 is 0. The topological polar surface area (TPSA) is 38.9 Å². The minimum atomic E-state index is 0.173. The molecule has 0 fully saturated rings. The molecule has 0 radical (unpaired) electrons. The summed E-state index contributed by atoms with van der Waals surface area (Å²) in [6, 6.07) is 8.73. The lowest BCUT2D eigenvalue weighted by Crippen LogP contribution is -2.18. The molecular weight excluding hydrogens is 196 g/mol. The Labute approximate surface area is 96.5 Å². The SMILES string of the molecule is Cc1cc(CC(C)N)c2nc(C)ccc2c1. The van der Waals surface area contributed by atoms with Gasteiger partial charge in [-0.05, 0) is 44.9 Å². The van der Waals surface area contributed by atoms with Crippen LogP contribution >= 0.6 is 0 Å². The molecule has 2 heteroatoms. The third-order valence-electron chi connectivity index (χ3n) is 2.70. The van der Waals surface area contributed by atoms with E-state index in [1.165, 1.54) is 16.5 Å². The highest BCUT2D eigenvalue weighted by Crippen LogP contribution is 2.20. The van der Waals surface area contributed by atoms with Crippen molar-refractivity contribution in [3.8, 4) is 0 Å². The molecule has 1 heterocycles. The van der Waals surface area contributed by atoms with Gasteiger partial charge in [-0.15, -0.1) is 0 Å². The van der Waals surface area contributed by atoms with Crippen molar-refractivity contribution in [1.29, 1.82) is 0 Å². The molecule has 0 bridgehead atoms. The zero-order valence-electron chi connectivity index (χ0n) is 10.1. The van der Waals surface area contributed by atoms with Crippen molar-refractivity contribution >= 4 is 10.9 Å². The van der Waals surface area contributed by atoms with Crippen LogP contribution in [0.1, 0.15) is 23.7 Å². The van der Waals surface area contributed by atoms with Crippen LogP contribution in [-0.2, 0) is 6.42 Å². The molecule has 1 atom stereocenters. The quantitative estimate of drug-likeness (QED) is 0.834. The van der Waals surface area contributed by atoms with Gasteiger partial charge in [-0.1, -0.05) is 17.7 Å². The zero-order chi connectivity index (χ0) is 11.7. The zero-order valence-corrected chi connectivity index (χ0v) is 10.1. The van der Waals surface area contributed by atoms with Gasteiger partial charge in [-0.3, -0.25) is 4.98 Å². The third-order valence-corrected chi connectivity index (χ3v) is 2.70. The maximum Gasteiger partial charge on any atom is 0.0737 e. The fourth-order valence-electron chi connectivity index (χ4n) is 2.07. The highest BCUT2D eigenvalue weighted by Gasteiger charge is 2.06. The summed E-state index contributed by atoms with van der Waals surface area (Å²) in [6.07, 6.45) is 0.884. The first-order valence-corrected chi connectivity index (χ1v) is 5.69. The van der Waals surface area contributed by atoms with Crippen molar-refractivity contribution in [3.05, 3.63) is 41.1 Å². The van der Waals surface area contributed by atoms with Crippen LogP contribution in [0.4, 0.5) is 0 Å². The van der Waals surface area contributed by atoms with Crippen molar-refractivity contribution in [2.24, 2.45) is 5.73 Å². The first-order chi connectivity index (χ1) is 7.56. The van der Waals surface area contributed by atoms with Crippen molar-refractivity contribution in [2.75, 3.05) is 0 Å². The predicted molar refractivity (Wildman–Crippen MR) is 68.6 cm³/mol. The number of nitrogens with two attached hydrogens (primary N) is 1. The second-order valence-corrected chi connectivity index (χ2v) is 4.63. The molecule has 1 aromatic carbocycles. The van der Waals surface area contributed by atoms with Crippen LogP contribution in [0.25, 0.3) is 10.9 Å². The van der Waals surface area contributed by atoms with Gasteiger partial charge in [0.1, 0.15) is 0 Å². The van der Waals surface area contributed by atoms with Gasteiger partial charge in [-0.25, -0.2) is 0 Å². The Morgan fingerprint density at radius 1 is 1.25 bits per heavy atom. The van der Waals surface area contributed by atoms with E-state index in [-0.39, 0.29) is 6.04 Å². The van der Waals surface area contributed by atoms with Gasteiger partial charge in [0, 0.05) is 17.1 Å². The molecular formula is C14H18N2. The van der Waals surface area contributed by atoms with E-state index >= 15 is 0 Å². The molecule has 84 valence electrons. The summed E-state index contributed by atoms with van der Waals surface area (Å²) < 4.78 is 0. The van der Waals surface area contributed by atoms with Crippen molar-refractivity contribution in [3.63, 3.8) is 0 Å². The number of aromatic nitrogens is 1. The number of hydrogen-bond acceptors (Lipinski definition) is 2. The lowest BCUT2D eigenvalue weighted by atomic mass is 10.0. The molecule has 0 aliphatic rings. The largest absolute Gasteiger partial charge is 0.328 e. The Morgan fingerprint density at radius 3 is 2.69 bits per heavy atom. The Bertz CT molecular complexity index is 515. The van der Waals surface area contributed by atoms with E-state index in [0.29, 0.717) is 0 Å². The van der Waals surface area contributed by atoms with Gasteiger partial charge in [0.05, 0.1) is 5.52 Å². The average Bonchev–Trinajstić information content (AvgIpc) is 2.18. The van der Waals surface area contributed by atoms with E-state index in [0.717, 1.165) is 17.6 Å². The lowest BCUT2D eigenvalue weighted by molar-refractivity contribution is 0.740. The summed E-state index contributed by atoms with van der Waals surface area (Å²) in [6.45, 7) is 6.17. The second kappa shape index (κ2) is 4.22. The minimum absolute atomic E-state index is 0.173. The number of nitrogens with zero attached hydrogens (tertiary/aromatic N) is 1. The molecule has 0 spiro atoms. The normalized spacial score (nSPS) is 13.0. The predicted octanol–water partition coefficient (Wildman–Crippen LogP) is 2.74. The summed E-state index contributed by atoms with van der Waals surface area (Å²) in [5, 5.41) is 1.21. The summed E-state index contributed by atoms with van der Waals surface area (Å²) in [5.41, 5.74) is 10.6. The van der Waals surface area contributed by atoms with Gasteiger partial charge in [-0.2, -0.15) is 0 Å². The molecule has 0 aliphatic carbocycles. The number of hydrogen-bond donors (Lipinski definition) is 1. The highest BCUT2D eigenvalue weighted by atomic mass is 14.7. The van der Waals surface area contributed by atoms with E-state index < -0.39 is 0 Å². The summed E-state index contributed by atoms with van der Waals surface area (Å²) in [7, 11) is 0. The molecule has 1 unspecified atom stereocenters.